The number of esters is 1. The fraction of sp³-hybridized carbons (Fsp3) is 0.235. The maximum absolute atomic E-state index is 12.2. The third-order valence-electron chi connectivity index (χ3n) is 3.60. The number of ether oxygens (including phenoxy) is 1. The van der Waals surface area contributed by atoms with E-state index in [-0.39, 0.29) is 12.1 Å². The van der Waals surface area contributed by atoms with E-state index in [4.69, 9.17) is 4.74 Å². The first-order chi connectivity index (χ1) is 9.74. The summed E-state index contributed by atoms with van der Waals surface area (Å²) in [5, 5.41) is 3.28. The van der Waals surface area contributed by atoms with E-state index < -0.39 is 0 Å². The van der Waals surface area contributed by atoms with Crippen LogP contribution < -0.4 is 5.32 Å². The third-order valence-corrected chi connectivity index (χ3v) is 3.60. The van der Waals surface area contributed by atoms with Gasteiger partial charge in [0.2, 0.25) is 0 Å². The summed E-state index contributed by atoms with van der Waals surface area (Å²) in [6.45, 7) is 2.83. The van der Waals surface area contributed by atoms with E-state index in [1.807, 2.05) is 55.5 Å². The summed E-state index contributed by atoms with van der Waals surface area (Å²) in [5.74, 6) is -0.268. The highest BCUT2D eigenvalue weighted by Crippen LogP contribution is 2.24. The number of carbonyl (C=O) groups excluding carboxylic acids is 1. The first kappa shape index (κ1) is 12.7. The van der Waals surface area contributed by atoms with Crippen LogP contribution in [0.5, 0.6) is 0 Å². The Bertz CT molecular complexity index is 622. The second kappa shape index (κ2) is 5.37. The van der Waals surface area contributed by atoms with E-state index in [0.29, 0.717) is 5.56 Å². The Labute approximate surface area is 118 Å². The largest absolute Gasteiger partial charge is 0.454 e. The SMILES string of the molecule is CC(OC(=O)c1ccc2c(c1)CCN2)c1ccccc1. The van der Waals surface area contributed by atoms with Crippen LogP contribution in [-0.2, 0) is 11.2 Å². The number of anilines is 1. The molecule has 1 aliphatic heterocycles. The van der Waals surface area contributed by atoms with Crippen LogP contribution in [0.25, 0.3) is 0 Å². The van der Waals surface area contributed by atoms with E-state index in [9.17, 15) is 4.79 Å². The highest BCUT2D eigenvalue weighted by Gasteiger charge is 2.16. The summed E-state index contributed by atoms with van der Waals surface area (Å²) >= 11 is 0. The van der Waals surface area contributed by atoms with Gasteiger partial charge >= 0.3 is 5.97 Å². The molecule has 1 heterocycles. The summed E-state index contributed by atoms with van der Waals surface area (Å²) < 4.78 is 5.52. The summed E-state index contributed by atoms with van der Waals surface area (Å²) in [6.07, 6.45) is 0.722. The lowest BCUT2D eigenvalue weighted by Crippen LogP contribution is -2.09. The van der Waals surface area contributed by atoms with Crippen molar-refractivity contribution in [2.45, 2.75) is 19.4 Å². The van der Waals surface area contributed by atoms with Crippen LogP contribution in [0.1, 0.15) is 34.5 Å². The molecule has 0 aromatic heterocycles. The molecule has 3 nitrogen and oxygen atoms in total. The molecule has 0 spiro atoms. The Morgan fingerprint density at radius 1 is 1.20 bits per heavy atom. The van der Waals surface area contributed by atoms with E-state index in [2.05, 4.69) is 5.32 Å². The Morgan fingerprint density at radius 3 is 2.80 bits per heavy atom. The van der Waals surface area contributed by atoms with Gasteiger partial charge in [0, 0.05) is 12.2 Å². The lowest BCUT2D eigenvalue weighted by molar-refractivity contribution is 0.0338. The lowest BCUT2D eigenvalue weighted by Gasteiger charge is -2.14. The number of nitrogens with one attached hydrogen (secondary N) is 1. The van der Waals surface area contributed by atoms with Crippen LogP contribution in [0, 0.1) is 0 Å². The second-order valence-corrected chi connectivity index (χ2v) is 5.01. The van der Waals surface area contributed by atoms with Gasteiger partial charge in [-0.05, 0) is 42.7 Å². The molecule has 0 saturated heterocycles. The quantitative estimate of drug-likeness (QED) is 0.864. The zero-order valence-electron chi connectivity index (χ0n) is 11.4. The van der Waals surface area contributed by atoms with Gasteiger partial charge in [-0.25, -0.2) is 4.79 Å². The molecule has 2 aromatic carbocycles. The first-order valence-electron chi connectivity index (χ1n) is 6.87. The van der Waals surface area contributed by atoms with Crippen molar-refractivity contribution in [3.05, 3.63) is 65.2 Å². The van der Waals surface area contributed by atoms with E-state index >= 15 is 0 Å². The van der Waals surface area contributed by atoms with Gasteiger partial charge in [0.15, 0.2) is 0 Å². The van der Waals surface area contributed by atoms with Crippen LogP contribution >= 0.6 is 0 Å². The monoisotopic (exact) mass is 267 g/mol. The van der Waals surface area contributed by atoms with Gasteiger partial charge in [0.05, 0.1) is 5.56 Å². The molecule has 1 N–H and O–H groups in total. The highest BCUT2D eigenvalue weighted by atomic mass is 16.5. The van der Waals surface area contributed by atoms with Crippen LogP contribution in [0.2, 0.25) is 0 Å². The summed E-state index contributed by atoms with van der Waals surface area (Å²) in [7, 11) is 0. The molecule has 0 saturated carbocycles. The molecule has 1 unspecified atom stereocenters. The van der Waals surface area contributed by atoms with Crippen molar-refractivity contribution >= 4 is 11.7 Å². The number of hydrogen-bond donors (Lipinski definition) is 1. The van der Waals surface area contributed by atoms with Gasteiger partial charge in [-0.15, -0.1) is 0 Å². The Kier molecular flexibility index (Phi) is 3.42. The van der Waals surface area contributed by atoms with E-state index in [0.717, 1.165) is 24.2 Å². The van der Waals surface area contributed by atoms with Gasteiger partial charge in [0.25, 0.3) is 0 Å². The number of fused-ring (bicyclic) bond motifs is 1. The predicted octanol–water partition coefficient (Wildman–Crippen LogP) is 3.57. The maximum Gasteiger partial charge on any atom is 0.338 e. The maximum atomic E-state index is 12.2. The Hall–Kier alpha value is -2.29. The molecule has 0 aliphatic carbocycles. The summed E-state index contributed by atoms with van der Waals surface area (Å²) in [4.78, 5) is 12.2. The minimum Gasteiger partial charge on any atom is -0.454 e. The molecular formula is C17H17NO2. The molecule has 1 atom stereocenters. The molecule has 3 rings (SSSR count). The number of rotatable bonds is 3. The van der Waals surface area contributed by atoms with Crippen LogP contribution in [0.3, 0.4) is 0 Å². The average molecular weight is 267 g/mol. The topological polar surface area (TPSA) is 38.3 Å². The van der Waals surface area contributed by atoms with E-state index in [1.54, 1.807) is 0 Å². The van der Waals surface area contributed by atoms with Gasteiger partial charge < -0.3 is 10.1 Å². The van der Waals surface area contributed by atoms with Gasteiger partial charge in [-0.1, -0.05) is 30.3 Å². The van der Waals surface area contributed by atoms with Crippen LogP contribution in [0.4, 0.5) is 5.69 Å². The number of hydrogen-bond acceptors (Lipinski definition) is 3. The molecule has 0 fully saturated rings. The minimum atomic E-state index is -0.268. The van der Waals surface area contributed by atoms with Gasteiger partial charge in [-0.3, -0.25) is 0 Å². The Morgan fingerprint density at radius 2 is 2.00 bits per heavy atom. The van der Waals surface area contributed by atoms with Crippen molar-refractivity contribution in [1.29, 1.82) is 0 Å². The fourth-order valence-electron chi connectivity index (χ4n) is 2.45. The van der Waals surface area contributed by atoms with Crippen LogP contribution in [-0.4, -0.2) is 12.5 Å². The smallest absolute Gasteiger partial charge is 0.338 e. The molecule has 0 amide bonds. The molecule has 0 radical (unpaired) electrons. The van der Waals surface area contributed by atoms with Crippen molar-refractivity contribution in [1.82, 2.24) is 0 Å². The summed E-state index contributed by atoms with van der Waals surface area (Å²) in [6, 6.07) is 15.5. The number of benzene rings is 2. The molecule has 2 aromatic rings. The minimum absolute atomic E-state index is 0.241. The normalized spacial score (nSPS) is 14.2. The van der Waals surface area contributed by atoms with Crippen molar-refractivity contribution in [3.8, 4) is 0 Å². The average Bonchev–Trinajstić information content (AvgIpc) is 2.95. The van der Waals surface area contributed by atoms with Crippen molar-refractivity contribution in [2.75, 3.05) is 11.9 Å². The third kappa shape index (κ3) is 2.52. The fourth-order valence-corrected chi connectivity index (χ4v) is 2.45. The van der Waals surface area contributed by atoms with Crippen molar-refractivity contribution in [2.24, 2.45) is 0 Å². The Balaban J connectivity index is 1.73. The molecular weight excluding hydrogens is 250 g/mol. The van der Waals surface area contributed by atoms with Gasteiger partial charge in [0.1, 0.15) is 6.10 Å². The zero-order chi connectivity index (χ0) is 13.9. The zero-order valence-corrected chi connectivity index (χ0v) is 11.4. The van der Waals surface area contributed by atoms with Crippen LogP contribution in [0.15, 0.2) is 48.5 Å². The molecule has 1 aliphatic rings. The summed E-state index contributed by atoms with van der Waals surface area (Å²) in [5.41, 5.74) is 3.93. The predicted molar refractivity (Wildman–Crippen MR) is 78.9 cm³/mol. The molecule has 20 heavy (non-hydrogen) atoms. The first-order valence-corrected chi connectivity index (χ1v) is 6.87. The highest BCUT2D eigenvalue weighted by molar-refractivity contribution is 5.90. The molecule has 3 heteroatoms. The number of carbonyl (C=O) groups is 1. The molecule has 102 valence electrons. The molecule has 0 bridgehead atoms. The lowest BCUT2D eigenvalue weighted by atomic mass is 10.1. The van der Waals surface area contributed by atoms with E-state index in [1.165, 1.54) is 5.56 Å². The second-order valence-electron chi connectivity index (χ2n) is 5.01. The van der Waals surface area contributed by atoms with Crippen molar-refractivity contribution < 1.29 is 9.53 Å². The van der Waals surface area contributed by atoms with Crippen molar-refractivity contribution in [3.63, 3.8) is 0 Å². The standard InChI is InChI=1S/C17H17NO2/c1-12(13-5-3-2-4-6-13)20-17(19)15-7-8-16-14(11-15)9-10-18-16/h2-8,11-12,18H,9-10H2,1H3. The van der Waals surface area contributed by atoms with Gasteiger partial charge in [-0.2, -0.15) is 0 Å².